The van der Waals surface area contributed by atoms with E-state index in [1.807, 2.05) is 58.3 Å². The summed E-state index contributed by atoms with van der Waals surface area (Å²) in [5.41, 5.74) is 2.13. The van der Waals surface area contributed by atoms with Crippen LogP contribution in [0.4, 0.5) is 0 Å². The first-order valence-electron chi connectivity index (χ1n) is 7.93. The van der Waals surface area contributed by atoms with Gasteiger partial charge >= 0.3 is 5.69 Å². The van der Waals surface area contributed by atoms with Crippen molar-refractivity contribution in [3.63, 3.8) is 0 Å². The maximum absolute atomic E-state index is 11.6. The number of rotatable bonds is 1. The van der Waals surface area contributed by atoms with E-state index < -0.39 is 0 Å². The van der Waals surface area contributed by atoms with Crippen LogP contribution in [-0.2, 0) is 0 Å². The monoisotopic (exact) mass is 330 g/mol. The van der Waals surface area contributed by atoms with E-state index in [1.54, 1.807) is 0 Å². The molecule has 0 radical (unpaired) electrons. The standard InChI is InChI=1S/C10H17N3O.C4H8.C2H6.H3NS/c1-7-8(2)13(10(14)12-7)9-3-5-11-6-4-9;1-3-4-2;2*1-2/h9,11H,3-6H2,1-2H3,(H,12,14);3-4H,1-2H3;1-2H3;2H,1H2/b;4-3-;;. The Morgan fingerprint density at radius 1 is 1.14 bits per heavy atom. The van der Waals surface area contributed by atoms with E-state index in [0.29, 0.717) is 6.04 Å². The zero-order valence-electron chi connectivity index (χ0n) is 14.9. The highest BCUT2D eigenvalue weighted by Crippen LogP contribution is 2.19. The first-order valence-corrected chi connectivity index (χ1v) is 8.45. The fourth-order valence-electron chi connectivity index (χ4n) is 2.15. The summed E-state index contributed by atoms with van der Waals surface area (Å²) in [6.45, 7) is 14.0. The number of thiol groups is 1. The molecule has 22 heavy (non-hydrogen) atoms. The highest BCUT2D eigenvalue weighted by Gasteiger charge is 2.19. The van der Waals surface area contributed by atoms with Gasteiger partial charge in [-0.1, -0.05) is 26.0 Å². The molecule has 0 aromatic carbocycles. The Labute approximate surface area is 140 Å². The Balaban J connectivity index is 0. The number of allylic oxidation sites excluding steroid dienone is 2. The predicted molar refractivity (Wildman–Crippen MR) is 101 cm³/mol. The third kappa shape index (κ3) is 7.87. The highest BCUT2D eigenvalue weighted by atomic mass is 32.1. The smallest absolute Gasteiger partial charge is 0.317 e. The summed E-state index contributed by atoms with van der Waals surface area (Å²) in [4.78, 5) is 14.5. The molecule has 0 unspecified atom stereocenters. The molecule has 2 rings (SSSR count). The van der Waals surface area contributed by atoms with Crippen molar-refractivity contribution in [2.75, 3.05) is 13.1 Å². The highest BCUT2D eigenvalue weighted by molar-refractivity contribution is 7.77. The summed E-state index contributed by atoms with van der Waals surface area (Å²) in [6, 6.07) is 0.383. The molecule has 4 N–H and O–H groups in total. The number of imidazole rings is 1. The lowest BCUT2D eigenvalue weighted by atomic mass is 10.1. The van der Waals surface area contributed by atoms with Gasteiger partial charge in [0.15, 0.2) is 0 Å². The molecule has 1 aliphatic heterocycles. The van der Waals surface area contributed by atoms with Gasteiger partial charge in [0, 0.05) is 17.4 Å². The Morgan fingerprint density at radius 3 is 1.91 bits per heavy atom. The molecule has 1 aromatic rings. The van der Waals surface area contributed by atoms with E-state index in [9.17, 15) is 4.79 Å². The van der Waals surface area contributed by atoms with E-state index >= 15 is 0 Å². The average Bonchev–Trinajstić information content (AvgIpc) is 2.85. The minimum atomic E-state index is 0.0481. The number of piperidine rings is 1. The van der Waals surface area contributed by atoms with Crippen LogP contribution in [0.5, 0.6) is 0 Å². The third-order valence-corrected chi connectivity index (χ3v) is 3.42. The molecule has 6 heteroatoms. The van der Waals surface area contributed by atoms with Gasteiger partial charge in [0.25, 0.3) is 0 Å². The van der Waals surface area contributed by atoms with E-state index in [2.05, 4.69) is 28.3 Å². The summed E-state index contributed by atoms with van der Waals surface area (Å²) < 4.78 is 1.91. The SMILES string of the molecule is C/C=C\C.CC.Cc1[nH]c(=O)n(C2CCNCC2)c1C.NS. The van der Waals surface area contributed by atoms with Gasteiger partial charge in [-0.05, 0) is 53.6 Å². The second-order valence-electron chi connectivity index (χ2n) is 4.66. The van der Waals surface area contributed by atoms with Crippen LogP contribution in [0.1, 0.15) is 58.0 Å². The van der Waals surface area contributed by atoms with Crippen LogP contribution in [0.15, 0.2) is 16.9 Å². The van der Waals surface area contributed by atoms with Gasteiger partial charge < -0.3 is 10.3 Å². The molecule has 130 valence electrons. The molecule has 1 aromatic heterocycles. The summed E-state index contributed by atoms with van der Waals surface area (Å²) in [6.07, 6.45) is 6.11. The second kappa shape index (κ2) is 14.9. The van der Waals surface area contributed by atoms with Crippen molar-refractivity contribution in [2.24, 2.45) is 5.14 Å². The van der Waals surface area contributed by atoms with Crippen molar-refractivity contribution in [3.8, 4) is 0 Å². The normalized spacial score (nSPS) is 14.2. The predicted octanol–water partition coefficient (Wildman–Crippen LogP) is 3.12. The van der Waals surface area contributed by atoms with Crippen LogP contribution in [0.3, 0.4) is 0 Å². The van der Waals surface area contributed by atoms with E-state index in [4.69, 9.17) is 0 Å². The van der Waals surface area contributed by atoms with Crippen molar-refractivity contribution in [1.82, 2.24) is 14.9 Å². The first-order chi connectivity index (χ1) is 10.6. The fraction of sp³-hybridized carbons (Fsp3) is 0.688. The number of nitrogens with one attached hydrogen (secondary N) is 2. The Bertz CT molecular complexity index is 441. The lowest BCUT2D eigenvalue weighted by Gasteiger charge is -2.24. The molecule has 0 aliphatic carbocycles. The molecule has 0 saturated carbocycles. The van der Waals surface area contributed by atoms with Gasteiger partial charge in [-0.2, -0.15) is 0 Å². The molecule has 0 bridgehead atoms. The lowest BCUT2D eigenvalue weighted by molar-refractivity contribution is 0.357. The number of nitrogens with two attached hydrogens (primary N) is 1. The number of hydrogen-bond donors (Lipinski definition) is 4. The molecule has 1 aliphatic rings. The number of H-pyrrole nitrogens is 1. The summed E-state index contributed by atoms with van der Waals surface area (Å²) in [7, 11) is 0. The number of nitrogens with zero attached hydrogens (tertiary/aromatic N) is 1. The molecule has 5 nitrogen and oxygen atoms in total. The van der Waals surface area contributed by atoms with Gasteiger partial charge in [-0.15, -0.1) is 12.8 Å². The maximum atomic E-state index is 11.6. The second-order valence-corrected chi connectivity index (χ2v) is 4.66. The zero-order valence-corrected chi connectivity index (χ0v) is 15.8. The van der Waals surface area contributed by atoms with Crippen molar-refractivity contribution in [2.45, 2.75) is 60.4 Å². The summed E-state index contributed by atoms with van der Waals surface area (Å²) >= 11 is 3.03. The van der Waals surface area contributed by atoms with Gasteiger partial charge in [0.05, 0.1) is 0 Å². The van der Waals surface area contributed by atoms with Crippen LogP contribution >= 0.6 is 12.8 Å². The van der Waals surface area contributed by atoms with Crippen molar-refractivity contribution in [3.05, 3.63) is 34.0 Å². The third-order valence-electron chi connectivity index (χ3n) is 3.42. The van der Waals surface area contributed by atoms with Gasteiger partial charge in [-0.3, -0.25) is 9.71 Å². The van der Waals surface area contributed by atoms with E-state index in [-0.39, 0.29) is 5.69 Å². The lowest BCUT2D eigenvalue weighted by Crippen LogP contribution is -2.33. The van der Waals surface area contributed by atoms with Crippen molar-refractivity contribution in [1.29, 1.82) is 0 Å². The van der Waals surface area contributed by atoms with Crippen molar-refractivity contribution < 1.29 is 0 Å². The van der Waals surface area contributed by atoms with E-state index in [0.717, 1.165) is 37.3 Å². The van der Waals surface area contributed by atoms with Crippen LogP contribution in [0.25, 0.3) is 0 Å². The van der Waals surface area contributed by atoms with Gasteiger partial charge in [-0.25, -0.2) is 4.79 Å². The summed E-state index contributed by atoms with van der Waals surface area (Å²) in [5, 5.41) is 7.50. The van der Waals surface area contributed by atoms with Gasteiger partial charge in [0.2, 0.25) is 0 Å². The number of aromatic amines is 1. The largest absolute Gasteiger partial charge is 0.326 e. The van der Waals surface area contributed by atoms with Crippen LogP contribution < -0.4 is 16.1 Å². The van der Waals surface area contributed by atoms with Crippen LogP contribution in [0, 0.1) is 13.8 Å². The van der Waals surface area contributed by atoms with Crippen LogP contribution in [0.2, 0.25) is 0 Å². The van der Waals surface area contributed by atoms with Crippen molar-refractivity contribution >= 4 is 12.8 Å². The number of hydrogen-bond acceptors (Lipinski definition) is 4. The maximum Gasteiger partial charge on any atom is 0.326 e. The molecular formula is C16H34N4OS. The Hall–Kier alpha value is -0.980. The Morgan fingerprint density at radius 2 is 1.59 bits per heavy atom. The fourth-order valence-corrected chi connectivity index (χ4v) is 2.15. The average molecular weight is 331 g/mol. The topological polar surface area (TPSA) is 75.8 Å². The summed E-state index contributed by atoms with van der Waals surface area (Å²) in [5.74, 6) is 0. The molecule has 1 fully saturated rings. The zero-order chi connectivity index (χ0) is 17.5. The van der Waals surface area contributed by atoms with Crippen LogP contribution in [-0.4, -0.2) is 22.6 Å². The molecule has 0 atom stereocenters. The molecule has 2 heterocycles. The van der Waals surface area contributed by atoms with E-state index in [1.165, 1.54) is 0 Å². The molecule has 0 amide bonds. The molecular weight excluding hydrogens is 296 g/mol. The Kier molecular flexibility index (Phi) is 15.8. The minimum absolute atomic E-state index is 0.0481. The quantitative estimate of drug-likeness (QED) is 0.472. The molecule has 0 spiro atoms. The number of aryl methyl sites for hydroxylation is 1. The molecule has 1 saturated heterocycles. The van der Waals surface area contributed by atoms with Gasteiger partial charge in [0.1, 0.15) is 0 Å². The first kappa shape index (κ1) is 23.3. The minimum Gasteiger partial charge on any atom is -0.317 e. The number of aromatic nitrogens is 2.